The van der Waals surface area contributed by atoms with Gasteiger partial charge in [0.2, 0.25) is 11.6 Å². The Kier molecular flexibility index (Phi) is 6.74. The van der Waals surface area contributed by atoms with Crippen LogP contribution in [0.1, 0.15) is 6.42 Å². The molecular formula is C17H21ClN6O3. The first-order chi connectivity index (χ1) is 13.1. The number of nitrogens with zero attached hydrogens (tertiary/aromatic N) is 4. The topological polar surface area (TPSA) is 105 Å². The molecule has 3 rings (SSSR count). The number of hydrogen-bond acceptors (Lipinski definition) is 8. The average molecular weight is 393 g/mol. The fourth-order valence-corrected chi connectivity index (χ4v) is 2.90. The van der Waals surface area contributed by atoms with Gasteiger partial charge in [-0.25, -0.2) is 9.97 Å². The van der Waals surface area contributed by atoms with Crippen molar-refractivity contribution in [2.75, 3.05) is 50.0 Å². The Bertz CT molecular complexity index is 768. The molecule has 2 N–H and O–H groups in total. The molecule has 2 heterocycles. The summed E-state index contributed by atoms with van der Waals surface area (Å²) in [6.45, 7) is 4.83. The molecule has 0 amide bonds. The van der Waals surface area contributed by atoms with Crippen LogP contribution >= 0.6 is 11.6 Å². The largest absolute Gasteiger partial charge is 0.379 e. The maximum absolute atomic E-state index is 11.6. The van der Waals surface area contributed by atoms with Crippen LogP contribution < -0.4 is 10.6 Å². The van der Waals surface area contributed by atoms with E-state index < -0.39 is 4.92 Å². The number of nitro groups is 1. The van der Waals surface area contributed by atoms with Crippen LogP contribution in [-0.4, -0.2) is 59.2 Å². The molecule has 1 saturated heterocycles. The van der Waals surface area contributed by atoms with Crippen molar-refractivity contribution in [2.24, 2.45) is 0 Å². The van der Waals surface area contributed by atoms with E-state index in [1.165, 1.54) is 6.33 Å². The second kappa shape index (κ2) is 9.45. The molecule has 0 spiro atoms. The predicted octanol–water partition coefficient (Wildman–Crippen LogP) is 2.92. The Morgan fingerprint density at radius 2 is 1.89 bits per heavy atom. The van der Waals surface area contributed by atoms with Gasteiger partial charge in [0.05, 0.1) is 18.1 Å². The summed E-state index contributed by atoms with van der Waals surface area (Å²) in [6.07, 6.45) is 2.15. The van der Waals surface area contributed by atoms with Crippen LogP contribution in [0, 0.1) is 10.1 Å². The lowest BCUT2D eigenvalue weighted by Gasteiger charge is -2.26. The van der Waals surface area contributed by atoms with Gasteiger partial charge in [-0.1, -0.05) is 11.6 Å². The third-order valence-corrected chi connectivity index (χ3v) is 4.41. The van der Waals surface area contributed by atoms with Crippen molar-refractivity contribution in [3.63, 3.8) is 0 Å². The van der Waals surface area contributed by atoms with Crippen molar-refractivity contribution >= 4 is 34.6 Å². The van der Waals surface area contributed by atoms with Crippen molar-refractivity contribution in [2.45, 2.75) is 6.42 Å². The van der Waals surface area contributed by atoms with E-state index in [9.17, 15) is 10.1 Å². The first-order valence-electron chi connectivity index (χ1n) is 8.69. The lowest BCUT2D eigenvalue weighted by atomic mass is 10.3. The highest BCUT2D eigenvalue weighted by atomic mass is 35.5. The van der Waals surface area contributed by atoms with Crippen molar-refractivity contribution in [3.05, 3.63) is 45.7 Å². The summed E-state index contributed by atoms with van der Waals surface area (Å²) in [5.41, 5.74) is 0.471. The van der Waals surface area contributed by atoms with Crippen LogP contribution in [0.5, 0.6) is 0 Å². The zero-order chi connectivity index (χ0) is 19.1. The standard InChI is InChI=1S/C17H21ClN6O3/c18-13-2-4-14(5-3-13)22-17-15(24(25)26)16(20-12-21-17)19-6-1-7-23-8-10-27-11-9-23/h2-5,12H,1,6-11H2,(H2,19,20,21,22). The molecule has 0 bridgehead atoms. The summed E-state index contributed by atoms with van der Waals surface area (Å²) in [7, 11) is 0. The van der Waals surface area contributed by atoms with Crippen LogP contribution in [-0.2, 0) is 4.74 Å². The number of morpholine rings is 1. The minimum Gasteiger partial charge on any atom is -0.379 e. The van der Waals surface area contributed by atoms with E-state index in [0.29, 0.717) is 17.3 Å². The zero-order valence-electron chi connectivity index (χ0n) is 14.7. The van der Waals surface area contributed by atoms with Crippen LogP contribution in [0.2, 0.25) is 5.02 Å². The first kappa shape index (κ1) is 19.3. The van der Waals surface area contributed by atoms with Gasteiger partial charge in [-0.3, -0.25) is 15.0 Å². The number of hydrogen-bond donors (Lipinski definition) is 2. The number of aromatic nitrogens is 2. The smallest absolute Gasteiger partial charge is 0.353 e. The van der Waals surface area contributed by atoms with Gasteiger partial charge in [0.25, 0.3) is 0 Å². The summed E-state index contributed by atoms with van der Waals surface area (Å²) in [5, 5.41) is 18.2. The molecule has 10 heteroatoms. The van der Waals surface area contributed by atoms with Crippen LogP contribution in [0.25, 0.3) is 0 Å². The molecule has 1 aromatic carbocycles. The molecular weight excluding hydrogens is 372 g/mol. The third kappa shape index (κ3) is 5.49. The molecule has 1 aromatic heterocycles. The Labute approximate surface area is 161 Å². The second-order valence-corrected chi connectivity index (χ2v) is 6.48. The van der Waals surface area contributed by atoms with E-state index in [4.69, 9.17) is 16.3 Å². The van der Waals surface area contributed by atoms with Crippen molar-refractivity contribution in [1.82, 2.24) is 14.9 Å². The van der Waals surface area contributed by atoms with Crippen LogP contribution in [0.15, 0.2) is 30.6 Å². The molecule has 1 aliphatic heterocycles. The summed E-state index contributed by atoms with van der Waals surface area (Å²) in [6, 6.07) is 6.84. The predicted molar refractivity (Wildman–Crippen MR) is 104 cm³/mol. The van der Waals surface area contributed by atoms with Gasteiger partial charge < -0.3 is 15.4 Å². The minimum absolute atomic E-state index is 0.132. The van der Waals surface area contributed by atoms with E-state index in [1.807, 2.05) is 0 Å². The van der Waals surface area contributed by atoms with Crippen LogP contribution in [0.3, 0.4) is 0 Å². The van der Waals surface area contributed by atoms with Gasteiger partial charge in [0, 0.05) is 30.3 Å². The van der Waals surface area contributed by atoms with E-state index in [-0.39, 0.29) is 17.3 Å². The molecule has 0 unspecified atom stereocenters. The van der Waals surface area contributed by atoms with Gasteiger partial charge in [-0.15, -0.1) is 0 Å². The Morgan fingerprint density at radius 3 is 2.59 bits per heavy atom. The van der Waals surface area contributed by atoms with E-state index in [2.05, 4.69) is 25.5 Å². The monoisotopic (exact) mass is 392 g/mol. The molecule has 144 valence electrons. The van der Waals surface area contributed by atoms with Crippen LogP contribution in [0.4, 0.5) is 23.0 Å². The SMILES string of the molecule is O=[N+]([O-])c1c(NCCCN2CCOCC2)ncnc1Nc1ccc(Cl)cc1. The van der Waals surface area contributed by atoms with Gasteiger partial charge in [-0.05, 0) is 37.2 Å². The summed E-state index contributed by atoms with van der Waals surface area (Å²) in [5.74, 6) is 0.335. The highest BCUT2D eigenvalue weighted by Gasteiger charge is 2.23. The molecule has 0 atom stereocenters. The maximum atomic E-state index is 11.6. The number of benzene rings is 1. The van der Waals surface area contributed by atoms with E-state index in [1.54, 1.807) is 24.3 Å². The summed E-state index contributed by atoms with van der Waals surface area (Å²) < 4.78 is 5.32. The molecule has 0 saturated carbocycles. The highest BCUT2D eigenvalue weighted by molar-refractivity contribution is 6.30. The van der Waals surface area contributed by atoms with Gasteiger partial charge in [0.1, 0.15) is 6.33 Å². The molecule has 2 aromatic rings. The maximum Gasteiger partial charge on any atom is 0.353 e. The summed E-state index contributed by atoms with van der Waals surface area (Å²) >= 11 is 5.87. The molecule has 27 heavy (non-hydrogen) atoms. The Balaban J connectivity index is 1.63. The third-order valence-electron chi connectivity index (χ3n) is 4.16. The quantitative estimate of drug-likeness (QED) is 0.401. The number of anilines is 3. The van der Waals surface area contributed by atoms with E-state index in [0.717, 1.165) is 39.3 Å². The fourth-order valence-electron chi connectivity index (χ4n) is 2.78. The number of ether oxygens (including phenoxy) is 1. The molecule has 0 radical (unpaired) electrons. The zero-order valence-corrected chi connectivity index (χ0v) is 15.5. The van der Waals surface area contributed by atoms with Gasteiger partial charge in [0.15, 0.2) is 0 Å². The Morgan fingerprint density at radius 1 is 1.19 bits per heavy atom. The lowest BCUT2D eigenvalue weighted by molar-refractivity contribution is -0.383. The molecule has 0 aliphatic carbocycles. The number of halogens is 1. The summed E-state index contributed by atoms with van der Waals surface area (Å²) in [4.78, 5) is 21.5. The molecule has 1 aliphatic rings. The normalized spacial score (nSPS) is 14.7. The van der Waals surface area contributed by atoms with Crippen molar-refractivity contribution in [1.29, 1.82) is 0 Å². The van der Waals surface area contributed by atoms with E-state index >= 15 is 0 Å². The van der Waals surface area contributed by atoms with Gasteiger partial charge >= 0.3 is 5.69 Å². The molecule has 9 nitrogen and oxygen atoms in total. The van der Waals surface area contributed by atoms with Crippen molar-refractivity contribution < 1.29 is 9.66 Å². The van der Waals surface area contributed by atoms with Crippen molar-refractivity contribution in [3.8, 4) is 0 Å². The average Bonchev–Trinajstić information content (AvgIpc) is 2.68. The number of nitrogens with one attached hydrogen (secondary N) is 2. The second-order valence-electron chi connectivity index (χ2n) is 6.04. The minimum atomic E-state index is -0.484. The number of rotatable bonds is 8. The Hall–Kier alpha value is -2.49. The molecule has 1 fully saturated rings. The highest BCUT2D eigenvalue weighted by Crippen LogP contribution is 2.31. The first-order valence-corrected chi connectivity index (χ1v) is 9.07. The fraction of sp³-hybridized carbons (Fsp3) is 0.412. The van der Waals surface area contributed by atoms with Gasteiger partial charge in [-0.2, -0.15) is 0 Å². The lowest BCUT2D eigenvalue weighted by Crippen LogP contribution is -2.37.